The summed E-state index contributed by atoms with van der Waals surface area (Å²) in [4.78, 5) is 6.31. The van der Waals surface area contributed by atoms with Crippen LogP contribution in [0.3, 0.4) is 0 Å². The molecule has 6 aromatic carbocycles. The Morgan fingerprint density at radius 1 is 0.357 bits per heavy atom. The first kappa shape index (κ1) is 39.6. The van der Waals surface area contributed by atoms with Crippen LogP contribution in [0.5, 0.6) is 0 Å². The van der Waals surface area contributed by atoms with E-state index in [1.165, 1.54) is 17.1 Å². The predicted molar refractivity (Wildman–Crippen MR) is 245 cm³/mol. The molecule has 0 amide bonds. The molecule has 4 nitrogen and oxygen atoms in total. The Labute approximate surface area is 335 Å². The summed E-state index contributed by atoms with van der Waals surface area (Å²) < 4.78 is 0. The molecular weight excluding hydrogens is 683 g/mol. The highest BCUT2D eigenvalue weighted by atomic mass is 16.3. The van der Waals surface area contributed by atoms with Crippen molar-refractivity contribution in [3.05, 3.63) is 194 Å². The molecule has 0 spiro atoms. The second-order valence-electron chi connectivity index (χ2n) is 15.4. The van der Waals surface area contributed by atoms with E-state index in [9.17, 15) is 5.11 Å². The first-order valence-electron chi connectivity index (χ1n) is 19.2. The molecule has 0 atom stereocenters. The average Bonchev–Trinajstić information content (AvgIpc) is 3.19. The third kappa shape index (κ3) is 9.05. The van der Waals surface area contributed by atoms with Crippen LogP contribution in [0.1, 0.15) is 66.8 Å². The quantitative estimate of drug-likeness (QED) is 0.100. The van der Waals surface area contributed by atoms with Gasteiger partial charge < -0.3 is 19.8 Å². The van der Waals surface area contributed by atoms with E-state index >= 15 is 0 Å². The third-order valence-electron chi connectivity index (χ3n) is 10.7. The molecule has 0 fully saturated rings. The van der Waals surface area contributed by atoms with Crippen LogP contribution in [-0.4, -0.2) is 47.4 Å². The van der Waals surface area contributed by atoms with E-state index in [-0.39, 0.29) is 0 Å². The fourth-order valence-electron chi connectivity index (χ4n) is 6.97. The molecular formula is C52H55N3O. The summed E-state index contributed by atoms with van der Waals surface area (Å²) in [5.74, 6) is 0. The first-order valence-corrected chi connectivity index (χ1v) is 19.2. The minimum atomic E-state index is -1.39. The van der Waals surface area contributed by atoms with Gasteiger partial charge in [0.2, 0.25) is 0 Å². The molecule has 284 valence electrons. The van der Waals surface area contributed by atoms with Crippen molar-refractivity contribution in [2.45, 2.75) is 26.4 Å². The zero-order chi connectivity index (χ0) is 40.0. The molecule has 6 rings (SSSR count). The fourth-order valence-corrected chi connectivity index (χ4v) is 6.97. The highest BCUT2D eigenvalue weighted by Gasteiger charge is 2.35. The molecule has 0 aromatic heterocycles. The fraction of sp³-hybridized carbons (Fsp3) is 0.192. The van der Waals surface area contributed by atoms with Crippen LogP contribution in [0.25, 0.3) is 36.5 Å². The minimum Gasteiger partial charge on any atom is -0.378 e. The van der Waals surface area contributed by atoms with Gasteiger partial charge in [0.15, 0.2) is 0 Å². The largest absolute Gasteiger partial charge is 0.378 e. The monoisotopic (exact) mass is 737 g/mol. The van der Waals surface area contributed by atoms with Crippen LogP contribution in [0.2, 0.25) is 0 Å². The van der Waals surface area contributed by atoms with Crippen molar-refractivity contribution >= 4 is 53.5 Å². The predicted octanol–water partition coefficient (Wildman–Crippen LogP) is 11.6. The Bertz CT molecular complexity index is 2090. The van der Waals surface area contributed by atoms with Crippen molar-refractivity contribution in [3.8, 4) is 0 Å². The molecule has 0 saturated heterocycles. The number of benzene rings is 6. The summed E-state index contributed by atoms with van der Waals surface area (Å²) in [5, 5.41) is 13.1. The standard InChI is InChI=1S/C52H55N3O/c1-37-34-46(25-22-43(37)19-10-40-13-28-49(29-14-40)53(4)5)52(56,47-26-23-44(38(2)35-47)20-11-41-15-30-50(31-16-41)54(6)7)48-27-24-45(39(3)36-48)21-12-42-17-32-51(33-18-42)55(8)9/h10-36,56H,1-9H3/b19-10+,20-11+,21-12+. The smallest absolute Gasteiger partial charge is 0.140 e. The second-order valence-corrected chi connectivity index (χ2v) is 15.4. The third-order valence-corrected chi connectivity index (χ3v) is 10.7. The number of aliphatic hydroxyl groups is 1. The summed E-state index contributed by atoms with van der Waals surface area (Å²) in [6, 6.07) is 44.6. The Hall–Kier alpha value is -6.10. The van der Waals surface area contributed by atoms with Crippen molar-refractivity contribution in [2.24, 2.45) is 0 Å². The Balaban J connectivity index is 1.36. The van der Waals surface area contributed by atoms with Gasteiger partial charge in [0.1, 0.15) is 5.60 Å². The van der Waals surface area contributed by atoms with E-state index in [1.807, 2.05) is 0 Å². The van der Waals surface area contributed by atoms with Crippen molar-refractivity contribution in [1.29, 1.82) is 0 Å². The van der Waals surface area contributed by atoms with Gasteiger partial charge in [0.05, 0.1) is 0 Å². The lowest BCUT2D eigenvalue weighted by atomic mass is 9.78. The molecule has 6 aromatic rings. The zero-order valence-electron chi connectivity index (χ0n) is 34.4. The Morgan fingerprint density at radius 2 is 0.607 bits per heavy atom. The number of hydrogen-bond donors (Lipinski definition) is 1. The molecule has 56 heavy (non-hydrogen) atoms. The molecule has 0 unspecified atom stereocenters. The molecule has 0 aliphatic carbocycles. The second kappa shape index (κ2) is 17.1. The average molecular weight is 738 g/mol. The SMILES string of the molecule is Cc1cc(C(O)(c2ccc(/C=C/c3ccc(N(C)C)cc3)c(C)c2)c2ccc(/C=C/c3ccc(N(C)C)cc3)c(C)c2)ccc1/C=C/c1ccc(N(C)C)cc1. The lowest BCUT2D eigenvalue weighted by Crippen LogP contribution is -2.29. The van der Waals surface area contributed by atoms with Gasteiger partial charge in [0, 0.05) is 59.3 Å². The van der Waals surface area contributed by atoms with Gasteiger partial charge in [0.25, 0.3) is 0 Å². The van der Waals surface area contributed by atoms with Crippen LogP contribution in [-0.2, 0) is 5.60 Å². The van der Waals surface area contributed by atoms with Gasteiger partial charge >= 0.3 is 0 Å². The number of anilines is 3. The van der Waals surface area contributed by atoms with E-state index < -0.39 is 5.60 Å². The normalized spacial score (nSPS) is 11.9. The molecule has 0 saturated carbocycles. The molecule has 0 radical (unpaired) electrons. The number of rotatable bonds is 12. The van der Waals surface area contributed by atoms with Crippen LogP contribution < -0.4 is 14.7 Å². The van der Waals surface area contributed by atoms with E-state index in [1.54, 1.807) is 0 Å². The first-order chi connectivity index (χ1) is 26.8. The van der Waals surface area contributed by atoms with E-state index in [4.69, 9.17) is 0 Å². The number of aryl methyl sites for hydroxylation is 3. The van der Waals surface area contributed by atoms with Gasteiger partial charge in [-0.15, -0.1) is 0 Å². The minimum absolute atomic E-state index is 0.829. The van der Waals surface area contributed by atoms with Crippen LogP contribution in [0, 0.1) is 20.8 Å². The number of hydrogen-bond acceptors (Lipinski definition) is 4. The van der Waals surface area contributed by atoms with Crippen LogP contribution in [0.15, 0.2) is 127 Å². The number of nitrogens with zero attached hydrogens (tertiary/aromatic N) is 3. The van der Waals surface area contributed by atoms with Crippen LogP contribution >= 0.6 is 0 Å². The molecule has 0 bridgehead atoms. The molecule has 0 heterocycles. The van der Waals surface area contributed by atoms with Gasteiger partial charge in [-0.2, -0.15) is 0 Å². The van der Waals surface area contributed by atoms with Crippen molar-refractivity contribution < 1.29 is 5.11 Å². The van der Waals surface area contributed by atoms with E-state index in [2.05, 4.69) is 242 Å². The lowest BCUT2D eigenvalue weighted by Gasteiger charge is -2.32. The maximum absolute atomic E-state index is 13.1. The van der Waals surface area contributed by atoms with E-state index in [0.29, 0.717) is 0 Å². The summed E-state index contributed by atoms with van der Waals surface area (Å²) in [6.07, 6.45) is 12.9. The summed E-state index contributed by atoms with van der Waals surface area (Å²) >= 11 is 0. The molecule has 1 N–H and O–H groups in total. The zero-order valence-corrected chi connectivity index (χ0v) is 34.4. The van der Waals surface area contributed by atoms with Gasteiger partial charge in [-0.25, -0.2) is 0 Å². The molecule has 0 aliphatic rings. The Morgan fingerprint density at radius 3 is 0.821 bits per heavy atom. The summed E-state index contributed by atoms with van der Waals surface area (Å²) in [7, 11) is 12.3. The highest BCUT2D eigenvalue weighted by Crippen LogP contribution is 2.39. The maximum atomic E-state index is 13.1. The van der Waals surface area contributed by atoms with Gasteiger partial charge in [-0.05, 0) is 124 Å². The van der Waals surface area contributed by atoms with E-state index in [0.717, 1.165) is 66.8 Å². The summed E-state index contributed by atoms with van der Waals surface area (Å²) in [6.45, 7) is 6.35. The molecule has 4 heteroatoms. The Kier molecular flexibility index (Phi) is 12.1. The van der Waals surface area contributed by atoms with Gasteiger partial charge in [-0.1, -0.05) is 127 Å². The van der Waals surface area contributed by atoms with Crippen molar-refractivity contribution in [1.82, 2.24) is 0 Å². The topological polar surface area (TPSA) is 30.0 Å². The highest BCUT2D eigenvalue weighted by molar-refractivity contribution is 5.75. The van der Waals surface area contributed by atoms with Crippen LogP contribution in [0.4, 0.5) is 17.1 Å². The maximum Gasteiger partial charge on any atom is 0.140 e. The van der Waals surface area contributed by atoms with Crippen molar-refractivity contribution in [3.63, 3.8) is 0 Å². The van der Waals surface area contributed by atoms with Crippen molar-refractivity contribution in [2.75, 3.05) is 57.0 Å². The lowest BCUT2D eigenvalue weighted by molar-refractivity contribution is 0.125. The summed E-state index contributed by atoms with van der Waals surface area (Å²) in [5.41, 5.74) is 14.6. The van der Waals surface area contributed by atoms with Gasteiger partial charge in [-0.3, -0.25) is 0 Å². The molecule has 0 aliphatic heterocycles.